The number of nitrogens with zero attached hydrogens (tertiary/aromatic N) is 3. The molecular formula is C18H17N3O3. The first-order valence-electron chi connectivity index (χ1n) is 7.76. The molecule has 1 aromatic carbocycles. The highest BCUT2D eigenvalue weighted by atomic mass is 16.5. The molecule has 24 heavy (non-hydrogen) atoms. The van der Waals surface area contributed by atoms with Crippen LogP contribution < -0.4 is 0 Å². The van der Waals surface area contributed by atoms with Crippen LogP contribution in [0.1, 0.15) is 24.6 Å². The molecule has 0 saturated heterocycles. The lowest BCUT2D eigenvalue weighted by Crippen LogP contribution is -2.21. The molecule has 0 aliphatic carbocycles. The van der Waals surface area contributed by atoms with Crippen molar-refractivity contribution in [1.29, 1.82) is 0 Å². The van der Waals surface area contributed by atoms with Gasteiger partial charge in [0.15, 0.2) is 5.76 Å². The Morgan fingerprint density at radius 3 is 2.83 bits per heavy atom. The average molecular weight is 323 g/mol. The molecule has 0 bridgehead atoms. The fourth-order valence-electron chi connectivity index (χ4n) is 2.60. The lowest BCUT2D eigenvalue weighted by atomic mass is 10.2. The maximum Gasteiger partial charge on any atom is 0.241 e. The van der Waals surface area contributed by atoms with E-state index >= 15 is 0 Å². The van der Waals surface area contributed by atoms with Gasteiger partial charge in [-0.1, -0.05) is 23.4 Å². The molecular weight excluding hydrogens is 306 g/mol. The molecule has 122 valence electrons. The topological polar surface area (TPSA) is 68.4 Å². The fraction of sp³-hybridized carbons (Fsp3) is 0.222. The van der Waals surface area contributed by atoms with E-state index in [4.69, 9.17) is 13.4 Å². The highest BCUT2D eigenvalue weighted by Gasteiger charge is 2.19. The molecule has 0 saturated carbocycles. The summed E-state index contributed by atoms with van der Waals surface area (Å²) in [5.41, 5.74) is 0.894. The summed E-state index contributed by atoms with van der Waals surface area (Å²) in [7, 11) is 1.99. The third-order valence-electron chi connectivity index (χ3n) is 4.11. The second-order valence-electron chi connectivity index (χ2n) is 5.77. The lowest BCUT2D eigenvalue weighted by molar-refractivity contribution is 0.198. The number of hydrogen-bond acceptors (Lipinski definition) is 6. The van der Waals surface area contributed by atoms with Gasteiger partial charge in [-0.3, -0.25) is 4.90 Å². The number of para-hydroxylation sites is 1. The zero-order valence-electron chi connectivity index (χ0n) is 13.5. The van der Waals surface area contributed by atoms with Gasteiger partial charge < -0.3 is 13.4 Å². The summed E-state index contributed by atoms with van der Waals surface area (Å²) in [5.74, 6) is 2.49. The van der Waals surface area contributed by atoms with Crippen LogP contribution in [-0.4, -0.2) is 22.1 Å². The minimum atomic E-state index is 0.0800. The molecule has 4 rings (SSSR count). The fourth-order valence-corrected chi connectivity index (χ4v) is 2.60. The normalized spacial score (nSPS) is 13.0. The monoisotopic (exact) mass is 323 g/mol. The average Bonchev–Trinajstić information content (AvgIpc) is 3.32. The molecule has 0 aliphatic heterocycles. The maximum absolute atomic E-state index is 5.93. The Labute approximate surface area is 138 Å². The van der Waals surface area contributed by atoms with Gasteiger partial charge in [0, 0.05) is 5.39 Å². The molecule has 0 unspecified atom stereocenters. The van der Waals surface area contributed by atoms with E-state index < -0.39 is 0 Å². The van der Waals surface area contributed by atoms with Crippen LogP contribution in [0.3, 0.4) is 0 Å². The van der Waals surface area contributed by atoms with Gasteiger partial charge in [0.05, 0.1) is 18.8 Å². The molecule has 0 radical (unpaired) electrons. The van der Waals surface area contributed by atoms with Gasteiger partial charge in [-0.15, -0.1) is 0 Å². The number of aromatic nitrogens is 2. The van der Waals surface area contributed by atoms with Crippen molar-refractivity contribution in [3.8, 4) is 11.6 Å². The molecule has 0 amide bonds. The van der Waals surface area contributed by atoms with Crippen molar-refractivity contribution in [2.45, 2.75) is 19.5 Å². The molecule has 3 aromatic heterocycles. The van der Waals surface area contributed by atoms with Gasteiger partial charge in [-0.25, -0.2) is 0 Å². The molecule has 0 aliphatic rings. The molecule has 6 nitrogen and oxygen atoms in total. The molecule has 0 fully saturated rings. The van der Waals surface area contributed by atoms with Crippen molar-refractivity contribution in [3.05, 3.63) is 60.4 Å². The largest absolute Gasteiger partial charge is 0.461 e. The molecule has 3 heterocycles. The van der Waals surface area contributed by atoms with Crippen molar-refractivity contribution >= 4 is 11.0 Å². The molecule has 0 N–H and O–H groups in total. The quantitative estimate of drug-likeness (QED) is 0.546. The summed E-state index contributed by atoms with van der Waals surface area (Å²) in [4.78, 5) is 6.46. The van der Waals surface area contributed by atoms with Gasteiger partial charge >= 0.3 is 0 Å². The maximum atomic E-state index is 5.93. The van der Waals surface area contributed by atoms with Crippen molar-refractivity contribution in [2.75, 3.05) is 7.05 Å². The van der Waals surface area contributed by atoms with Crippen LogP contribution in [-0.2, 0) is 6.54 Å². The zero-order valence-corrected chi connectivity index (χ0v) is 13.5. The minimum Gasteiger partial charge on any atom is -0.461 e. The molecule has 0 spiro atoms. The summed E-state index contributed by atoms with van der Waals surface area (Å²) in [5, 5.41) is 5.05. The molecule has 4 aromatic rings. The van der Waals surface area contributed by atoms with E-state index in [1.807, 2.05) is 31.3 Å². The summed E-state index contributed by atoms with van der Waals surface area (Å²) in [6.07, 6.45) is 1.58. The van der Waals surface area contributed by atoms with E-state index in [0.29, 0.717) is 24.0 Å². The number of hydrogen-bond donors (Lipinski definition) is 0. The second-order valence-corrected chi connectivity index (χ2v) is 5.77. The van der Waals surface area contributed by atoms with Crippen molar-refractivity contribution in [3.63, 3.8) is 0 Å². The molecule has 1 atom stereocenters. The second kappa shape index (κ2) is 5.98. The van der Waals surface area contributed by atoms with E-state index in [0.717, 1.165) is 16.7 Å². The minimum absolute atomic E-state index is 0.0800. The SMILES string of the molecule is C[C@@H](c1cc2ccccc2o1)N(C)Cc1nc(-c2ccco2)no1. The zero-order chi connectivity index (χ0) is 16.5. The van der Waals surface area contributed by atoms with Crippen LogP contribution in [0.25, 0.3) is 22.6 Å². The molecule has 6 heteroatoms. The summed E-state index contributed by atoms with van der Waals surface area (Å²) >= 11 is 0. The van der Waals surface area contributed by atoms with Crippen molar-refractivity contribution < 1.29 is 13.4 Å². The van der Waals surface area contributed by atoms with Crippen LogP contribution in [0.4, 0.5) is 0 Å². The first-order valence-corrected chi connectivity index (χ1v) is 7.76. The Kier molecular flexibility index (Phi) is 3.66. The van der Waals surface area contributed by atoms with E-state index in [2.05, 4.69) is 28.0 Å². The number of fused-ring (bicyclic) bond motifs is 1. The smallest absolute Gasteiger partial charge is 0.241 e. The number of benzene rings is 1. The van der Waals surface area contributed by atoms with Gasteiger partial charge in [-0.2, -0.15) is 4.98 Å². The van der Waals surface area contributed by atoms with Crippen LogP contribution in [0, 0.1) is 0 Å². The van der Waals surface area contributed by atoms with Crippen molar-refractivity contribution in [2.24, 2.45) is 0 Å². The van der Waals surface area contributed by atoms with Crippen LogP contribution in [0.15, 0.2) is 62.1 Å². The van der Waals surface area contributed by atoms with E-state index in [1.54, 1.807) is 18.4 Å². The summed E-state index contributed by atoms with van der Waals surface area (Å²) < 4.78 is 16.5. The summed E-state index contributed by atoms with van der Waals surface area (Å²) in [6, 6.07) is 13.7. The van der Waals surface area contributed by atoms with Crippen LogP contribution in [0.5, 0.6) is 0 Å². The standard InChI is InChI=1S/C18H17N3O3/c1-12(16-10-13-6-3-4-7-14(13)23-16)21(2)11-17-19-18(20-24-17)15-8-5-9-22-15/h3-10,12H,11H2,1-2H3/t12-/m0/s1. The van der Waals surface area contributed by atoms with E-state index in [1.165, 1.54) is 0 Å². The van der Waals surface area contributed by atoms with Gasteiger partial charge in [0.2, 0.25) is 11.7 Å². The van der Waals surface area contributed by atoms with Gasteiger partial charge in [-0.05, 0) is 38.2 Å². The van der Waals surface area contributed by atoms with E-state index in [-0.39, 0.29) is 6.04 Å². The summed E-state index contributed by atoms with van der Waals surface area (Å²) in [6.45, 7) is 2.60. The number of rotatable bonds is 5. The van der Waals surface area contributed by atoms with Gasteiger partial charge in [0.1, 0.15) is 11.3 Å². The van der Waals surface area contributed by atoms with Crippen LogP contribution in [0.2, 0.25) is 0 Å². The highest BCUT2D eigenvalue weighted by molar-refractivity contribution is 5.77. The van der Waals surface area contributed by atoms with Crippen molar-refractivity contribution in [1.82, 2.24) is 15.0 Å². The predicted octanol–water partition coefficient (Wildman–Crippen LogP) is 4.27. The Balaban J connectivity index is 1.50. The van der Waals surface area contributed by atoms with Gasteiger partial charge in [0.25, 0.3) is 0 Å². The Bertz CT molecular complexity index is 906. The number of furan rings is 2. The van der Waals surface area contributed by atoms with E-state index in [9.17, 15) is 0 Å². The third kappa shape index (κ3) is 2.72. The first kappa shape index (κ1) is 14.7. The lowest BCUT2D eigenvalue weighted by Gasteiger charge is -2.20. The van der Waals surface area contributed by atoms with Crippen LogP contribution >= 0.6 is 0 Å². The Hall–Kier alpha value is -2.86. The third-order valence-corrected chi connectivity index (χ3v) is 4.11. The first-order chi connectivity index (χ1) is 11.7. The predicted molar refractivity (Wildman–Crippen MR) is 88.1 cm³/mol. The Morgan fingerprint density at radius 2 is 2.04 bits per heavy atom. The Morgan fingerprint density at radius 1 is 1.17 bits per heavy atom. The highest BCUT2D eigenvalue weighted by Crippen LogP contribution is 2.27.